The summed E-state index contributed by atoms with van der Waals surface area (Å²) in [5.41, 5.74) is -0.837. The Hall–Kier alpha value is -1.05. The molecule has 3 rings (SSSR count). The Morgan fingerprint density at radius 1 is 1.25 bits per heavy atom. The molecule has 1 aromatic rings. The van der Waals surface area contributed by atoms with Crippen LogP contribution in [0.2, 0.25) is 5.02 Å². The predicted octanol–water partition coefficient (Wildman–Crippen LogP) is 2.89. The summed E-state index contributed by atoms with van der Waals surface area (Å²) in [5.74, 6) is 1.10. The Morgan fingerprint density at radius 3 is 2.42 bits per heavy atom. The van der Waals surface area contributed by atoms with Gasteiger partial charge in [0.05, 0.1) is 16.7 Å². The summed E-state index contributed by atoms with van der Waals surface area (Å²) in [7, 11) is 3.91. The molecule has 2 fully saturated rings. The van der Waals surface area contributed by atoms with Gasteiger partial charge in [-0.1, -0.05) is 11.6 Å². The van der Waals surface area contributed by atoms with Crippen LogP contribution in [0.1, 0.15) is 18.4 Å². The van der Waals surface area contributed by atoms with Crippen molar-refractivity contribution < 1.29 is 18.3 Å². The van der Waals surface area contributed by atoms with E-state index in [1.807, 2.05) is 23.9 Å². The minimum Gasteiger partial charge on any atom is -0.391 e. The molecule has 2 aliphatic rings. The number of hydrogen-bond donors (Lipinski definition) is 1. The summed E-state index contributed by atoms with van der Waals surface area (Å²) in [4.78, 5) is 7.94. The number of rotatable bonds is 2. The number of fused-ring (bicyclic) bond motifs is 1. The first kappa shape index (κ1) is 17.8. The Balaban J connectivity index is 1.77. The summed E-state index contributed by atoms with van der Waals surface area (Å²) in [6, 6.07) is 1.05. The smallest absolute Gasteiger partial charge is 0.391 e. The van der Waals surface area contributed by atoms with E-state index < -0.39 is 11.7 Å². The van der Waals surface area contributed by atoms with E-state index in [1.54, 1.807) is 0 Å². The van der Waals surface area contributed by atoms with Gasteiger partial charge in [0.2, 0.25) is 0 Å². The van der Waals surface area contributed by atoms with Gasteiger partial charge in [-0.3, -0.25) is 0 Å². The predicted molar refractivity (Wildman–Crippen MR) is 86.2 cm³/mol. The van der Waals surface area contributed by atoms with Crippen molar-refractivity contribution in [3.05, 3.63) is 22.8 Å². The first-order chi connectivity index (χ1) is 11.2. The summed E-state index contributed by atoms with van der Waals surface area (Å²) in [6.07, 6.45) is -2.43. The highest BCUT2D eigenvalue weighted by Crippen LogP contribution is 2.41. The number of aliphatic hydroxyl groups excluding tert-OH is 1. The summed E-state index contributed by atoms with van der Waals surface area (Å²) in [6.45, 7) is 1.37. The van der Waals surface area contributed by atoms with Gasteiger partial charge in [0, 0.05) is 25.3 Å². The number of alkyl halides is 3. The lowest BCUT2D eigenvalue weighted by atomic mass is 9.77. The normalized spacial score (nSPS) is 30.8. The van der Waals surface area contributed by atoms with E-state index in [-0.39, 0.29) is 17.2 Å². The van der Waals surface area contributed by atoms with Crippen molar-refractivity contribution in [2.75, 3.05) is 32.1 Å². The molecule has 1 N–H and O–H groups in total. The Kier molecular flexibility index (Phi) is 4.70. The van der Waals surface area contributed by atoms with Gasteiger partial charge in [-0.15, -0.1) is 0 Å². The maximum atomic E-state index is 12.7. The van der Waals surface area contributed by atoms with Crippen LogP contribution in [0.4, 0.5) is 19.0 Å². The highest BCUT2D eigenvalue weighted by Gasteiger charge is 2.43. The zero-order valence-electron chi connectivity index (χ0n) is 13.6. The lowest BCUT2D eigenvalue weighted by Crippen LogP contribution is -2.46. The van der Waals surface area contributed by atoms with Crippen molar-refractivity contribution in [1.29, 1.82) is 0 Å². The van der Waals surface area contributed by atoms with E-state index in [0.29, 0.717) is 37.2 Å². The maximum Gasteiger partial charge on any atom is 0.417 e. The molecule has 24 heavy (non-hydrogen) atoms. The number of aliphatic hydroxyl groups is 1. The summed E-state index contributed by atoms with van der Waals surface area (Å²) >= 11 is 6.06. The molecular weight excluding hydrogens is 343 g/mol. The van der Waals surface area contributed by atoms with Gasteiger partial charge in [-0.25, -0.2) is 4.98 Å². The van der Waals surface area contributed by atoms with Crippen molar-refractivity contribution in [3.63, 3.8) is 0 Å². The van der Waals surface area contributed by atoms with Crippen molar-refractivity contribution in [1.82, 2.24) is 9.88 Å². The first-order valence-electron chi connectivity index (χ1n) is 7.99. The molecule has 0 amide bonds. The second kappa shape index (κ2) is 6.35. The maximum absolute atomic E-state index is 12.7. The molecule has 0 radical (unpaired) electrons. The van der Waals surface area contributed by atoms with Gasteiger partial charge in [0.15, 0.2) is 0 Å². The van der Waals surface area contributed by atoms with Crippen LogP contribution >= 0.6 is 11.6 Å². The number of hydrogen-bond acceptors (Lipinski definition) is 4. The van der Waals surface area contributed by atoms with Crippen LogP contribution in [0.15, 0.2) is 12.3 Å². The fraction of sp³-hybridized carbons (Fsp3) is 0.688. The van der Waals surface area contributed by atoms with Crippen LogP contribution in [0.3, 0.4) is 0 Å². The zero-order valence-corrected chi connectivity index (χ0v) is 14.3. The lowest BCUT2D eigenvalue weighted by molar-refractivity contribution is -0.137. The summed E-state index contributed by atoms with van der Waals surface area (Å²) in [5, 5.41) is 10.3. The highest BCUT2D eigenvalue weighted by atomic mass is 35.5. The molecule has 8 heteroatoms. The van der Waals surface area contributed by atoms with Gasteiger partial charge in [-0.2, -0.15) is 13.2 Å². The first-order valence-corrected chi connectivity index (χ1v) is 8.36. The number of halogens is 4. The van der Waals surface area contributed by atoms with Crippen LogP contribution in [0.5, 0.6) is 0 Å². The van der Waals surface area contributed by atoms with Crippen molar-refractivity contribution in [3.8, 4) is 0 Å². The van der Waals surface area contributed by atoms with Crippen LogP contribution < -0.4 is 4.90 Å². The average Bonchev–Trinajstić information content (AvgIpc) is 2.87. The minimum atomic E-state index is -4.45. The van der Waals surface area contributed by atoms with Crippen molar-refractivity contribution >= 4 is 17.4 Å². The quantitative estimate of drug-likeness (QED) is 0.877. The zero-order chi connectivity index (χ0) is 17.6. The highest BCUT2D eigenvalue weighted by molar-refractivity contribution is 6.33. The molecule has 0 spiro atoms. The molecule has 4 atom stereocenters. The number of pyridine rings is 1. The van der Waals surface area contributed by atoms with Gasteiger partial charge < -0.3 is 14.9 Å². The third kappa shape index (κ3) is 3.34. The Labute approximate surface area is 144 Å². The van der Waals surface area contributed by atoms with E-state index in [2.05, 4.69) is 4.98 Å². The standard InChI is InChI=1S/C16H21ClF3N3O/c1-22(2)13-3-9-7-23(8-10(9)4-14(13)24)15-12(17)5-11(6-21-15)16(18,19)20/h5-6,9-10,13-14,24H,3-4,7-8H2,1-2H3/t9-,10+,13-,14-/m1/s1. The second-order valence-corrected chi connectivity index (χ2v) is 7.43. The van der Waals surface area contributed by atoms with Gasteiger partial charge >= 0.3 is 6.18 Å². The lowest BCUT2D eigenvalue weighted by Gasteiger charge is -2.38. The number of anilines is 1. The Morgan fingerprint density at radius 2 is 1.88 bits per heavy atom. The van der Waals surface area contributed by atoms with Gasteiger partial charge in [0.1, 0.15) is 5.82 Å². The van der Waals surface area contributed by atoms with E-state index in [0.717, 1.165) is 18.7 Å². The fourth-order valence-corrected chi connectivity index (χ4v) is 4.24. The van der Waals surface area contributed by atoms with Gasteiger partial charge in [0.25, 0.3) is 0 Å². The minimum absolute atomic E-state index is 0.0215. The van der Waals surface area contributed by atoms with Crippen LogP contribution in [0.25, 0.3) is 0 Å². The molecule has 1 aromatic heterocycles. The Bertz CT molecular complexity index is 611. The fourth-order valence-electron chi connectivity index (χ4n) is 3.95. The molecule has 0 unspecified atom stereocenters. The SMILES string of the molecule is CN(C)[C@@H]1C[C@@H]2CN(c3ncc(C(F)(F)F)cc3Cl)C[C@@H]2C[C@H]1O. The van der Waals surface area contributed by atoms with E-state index >= 15 is 0 Å². The van der Waals surface area contributed by atoms with Crippen molar-refractivity contribution in [2.24, 2.45) is 11.8 Å². The molecule has 4 nitrogen and oxygen atoms in total. The van der Waals surface area contributed by atoms with Gasteiger partial charge in [-0.05, 0) is 44.8 Å². The molecule has 2 heterocycles. The number of likely N-dealkylation sites (N-methyl/N-ethyl adjacent to an activating group) is 1. The molecule has 1 aliphatic carbocycles. The molecular formula is C16H21ClF3N3O. The average molecular weight is 364 g/mol. The summed E-state index contributed by atoms with van der Waals surface area (Å²) < 4.78 is 38.2. The molecule has 134 valence electrons. The molecule has 0 aromatic carbocycles. The van der Waals surface area contributed by atoms with E-state index in [9.17, 15) is 18.3 Å². The third-order valence-electron chi connectivity index (χ3n) is 5.22. The molecule has 1 saturated carbocycles. The monoisotopic (exact) mass is 363 g/mol. The van der Waals surface area contributed by atoms with Crippen LogP contribution in [0, 0.1) is 11.8 Å². The third-order valence-corrected chi connectivity index (χ3v) is 5.50. The molecule has 1 saturated heterocycles. The number of nitrogens with zero attached hydrogens (tertiary/aromatic N) is 3. The van der Waals surface area contributed by atoms with Crippen molar-refractivity contribution in [2.45, 2.75) is 31.2 Å². The van der Waals surface area contributed by atoms with Crippen LogP contribution in [-0.2, 0) is 6.18 Å². The molecule has 1 aliphatic heterocycles. The number of aromatic nitrogens is 1. The topological polar surface area (TPSA) is 39.6 Å². The largest absolute Gasteiger partial charge is 0.417 e. The second-order valence-electron chi connectivity index (χ2n) is 7.02. The molecule has 0 bridgehead atoms. The van der Waals surface area contributed by atoms with E-state index in [1.165, 1.54) is 0 Å². The van der Waals surface area contributed by atoms with Crippen LogP contribution in [-0.4, -0.2) is 54.3 Å². The van der Waals surface area contributed by atoms with E-state index in [4.69, 9.17) is 11.6 Å².